The minimum absolute atomic E-state index is 0.182. The fourth-order valence-corrected chi connectivity index (χ4v) is 3.49. The van der Waals surface area contributed by atoms with E-state index in [1.807, 2.05) is 24.3 Å². The summed E-state index contributed by atoms with van der Waals surface area (Å²) in [6, 6.07) is 13.8. The maximum absolute atomic E-state index is 10.3. The highest BCUT2D eigenvalue weighted by atomic mass is 16.5. The number of aromatic hydroxyl groups is 1. The lowest BCUT2D eigenvalue weighted by atomic mass is 10.0. The van der Waals surface area contributed by atoms with E-state index in [1.165, 1.54) is 10.5 Å². The van der Waals surface area contributed by atoms with Crippen LogP contribution in [0.15, 0.2) is 47.5 Å². The van der Waals surface area contributed by atoms with Crippen LogP contribution >= 0.6 is 0 Å². The van der Waals surface area contributed by atoms with Gasteiger partial charge in [-0.1, -0.05) is 6.92 Å². The molecule has 1 saturated heterocycles. The summed E-state index contributed by atoms with van der Waals surface area (Å²) in [6.07, 6.45) is 2.68. The first kappa shape index (κ1) is 21.1. The maximum Gasteiger partial charge on any atom is 0.133 e. The average molecular weight is 400 g/mol. The largest absolute Gasteiger partial charge is 0.507 e. The molecule has 0 saturated carbocycles. The second-order valence-corrected chi connectivity index (χ2v) is 7.16. The van der Waals surface area contributed by atoms with Gasteiger partial charge in [-0.2, -0.15) is 0 Å². The maximum atomic E-state index is 10.3. The molecule has 0 spiro atoms. The molecule has 156 valence electrons. The third kappa shape index (κ3) is 5.95. The van der Waals surface area contributed by atoms with E-state index in [2.05, 4.69) is 24.0 Å². The monoisotopic (exact) mass is 399 g/mol. The number of methoxy groups -OCH3 is 1. The molecular weight excluding hydrogens is 368 g/mol. The van der Waals surface area contributed by atoms with E-state index >= 15 is 0 Å². The van der Waals surface area contributed by atoms with Crippen LogP contribution in [0, 0.1) is 0 Å². The van der Waals surface area contributed by atoms with E-state index in [9.17, 15) is 5.11 Å². The van der Waals surface area contributed by atoms with E-state index < -0.39 is 0 Å². The van der Waals surface area contributed by atoms with Crippen molar-refractivity contribution in [2.75, 3.05) is 46.6 Å². The van der Waals surface area contributed by atoms with Gasteiger partial charge in [-0.05, 0) is 42.8 Å². The Kier molecular flexibility index (Phi) is 7.90. The Balaban J connectivity index is 1.71. The Labute approximate surface area is 172 Å². The Morgan fingerprint density at radius 3 is 2.52 bits per heavy atom. The number of nitrogens with one attached hydrogen (secondary N) is 1. The van der Waals surface area contributed by atoms with Crippen LogP contribution in [0.2, 0.25) is 0 Å². The summed E-state index contributed by atoms with van der Waals surface area (Å²) in [5.74, 6) is 1.71. The van der Waals surface area contributed by atoms with E-state index in [0.717, 1.165) is 38.5 Å². The summed E-state index contributed by atoms with van der Waals surface area (Å²) in [7, 11) is 1.68. The lowest BCUT2D eigenvalue weighted by Gasteiger charge is -2.31. The van der Waals surface area contributed by atoms with Crippen molar-refractivity contribution in [1.82, 2.24) is 0 Å². The molecule has 1 aliphatic rings. The Morgan fingerprint density at radius 1 is 1.14 bits per heavy atom. The molecule has 29 heavy (non-hydrogen) atoms. The number of hydrogen-bond donors (Lipinski definition) is 2. The van der Waals surface area contributed by atoms with Gasteiger partial charge in [0.2, 0.25) is 0 Å². The van der Waals surface area contributed by atoms with Gasteiger partial charge in [0.15, 0.2) is 0 Å². The second-order valence-electron chi connectivity index (χ2n) is 7.16. The van der Waals surface area contributed by atoms with Crippen molar-refractivity contribution in [3.05, 3.63) is 53.6 Å². The van der Waals surface area contributed by atoms with Crippen molar-refractivity contribution in [2.45, 2.75) is 19.4 Å². The summed E-state index contributed by atoms with van der Waals surface area (Å²) < 4.78 is 16.4. The first-order valence-corrected chi connectivity index (χ1v) is 10.2. The van der Waals surface area contributed by atoms with E-state index in [-0.39, 0.29) is 11.8 Å². The van der Waals surface area contributed by atoms with Crippen molar-refractivity contribution in [2.24, 2.45) is 4.99 Å². The van der Waals surface area contributed by atoms with E-state index in [1.54, 1.807) is 19.4 Å². The van der Waals surface area contributed by atoms with Crippen molar-refractivity contribution in [1.29, 1.82) is 0 Å². The van der Waals surface area contributed by atoms with Crippen LogP contribution in [0.4, 0.5) is 0 Å². The van der Waals surface area contributed by atoms with Crippen LogP contribution in [0.25, 0.3) is 0 Å². The molecule has 0 amide bonds. The molecule has 0 bridgehead atoms. The van der Waals surface area contributed by atoms with Crippen LogP contribution in [0.1, 0.15) is 30.5 Å². The number of aliphatic imine (C=N–C) groups is 1. The second kappa shape index (κ2) is 10.8. The van der Waals surface area contributed by atoms with Crippen LogP contribution in [0.3, 0.4) is 0 Å². The molecule has 1 aliphatic heterocycles. The number of benzene rings is 2. The highest BCUT2D eigenvalue weighted by molar-refractivity contribution is 5.83. The van der Waals surface area contributed by atoms with Crippen molar-refractivity contribution in [3.8, 4) is 17.2 Å². The van der Waals surface area contributed by atoms with E-state index in [0.29, 0.717) is 24.5 Å². The minimum Gasteiger partial charge on any atom is -0.507 e. The van der Waals surface area contributed by atoms with Gasteiger partial charge < -0.3 is 24.2 Å². The zero-order valence-corrected chi connectivity index (χ0v) is 17.3. The fraction of sp³-hybridized carbons (Fsp3) is 0.435. The topological polar surface area (TPSA) is 64.7 Å². The summed E-state index contributed by atoms with van der Waals surface area (Å²) in [6.45, 7) is 6.78. The fourth-order valence-electron chi connectivity index (χ4n) is 3.49. The van der Waals surface area contributed by atoms with Crippen LogP contribution in [-0.2, 0) is 4.74 Å². The SMILES string of the molecule is CCCOc1ccc(C=NC[C@@H](c2ccc(OC)cc2)[NH+]2CCOCC2)c(O)c1. The van der Waals surface area contributed by atoms with Gasteiger partial charge in [0.25, 0.3) is 0 Å². The van der Waals surface area contributed by atoms with Gasteiger partial charge in [0, 0.05) is 23.4 Å². The Hall–Kier alpha value is -2.57. The van der Waals surface area contributed by atoms with Gasteiger partial charge in [-0.25, -0.2) is 0 Å². The molecule has 0 radical (unpaired) electrons. The zero-order valence-electron chi connectivity index (χ0n) is 17.3. The molecule has 1 fully saturated rings. The molecular formula is C23H31N2O4+. The number of morpholine rings is 1. The lowest BCUT2D eigenvalue weighted by molar-refractivity contribution is -0.937. The van der Waals surface area contributed by atoms with Crippen LogP contribution in [-0.4, -0.2) is 57.9 Å². The molecule has 0 aromatic heterocycles. The Bertz CT molecular complexity index is 786. The predicted octanol–water partition coefficient (Wildman–Crippen LogP) is 2.26. The molecule has 0 aliphatic carbocycles. The molecule has 1 atom stereocenters. The van der Waals surface area contributed by atoms with Crippen LogP contribution in [0.5, 0.6) is 17.2 Å². The Morgan fingerprint density at radius 2 is 1.86 bits per heavy atom. The number of phenols is 1. The van der Waals surface area contributed by atoms with Gasteiger partial charge in [0.05, 0.1) is 33.5 Å². The van der Waals surface area contributed by atoms with Gasteiger partial charge in [-0.3, -0.25) is 4.99 Å². The smallest absolute Gasteiger partial charge is 0.133 e. The normalized spacial score (nSPS) is 16.1. The van der Waals surface area contributed by atoms with Crippen LogP contribution < -0.4 is 14.4 Å². The average Bonchev–Trinajstić information content (AvgIpc) is 2.77. The number of quaternary nitrogens is 1. The molecule has 0 unspecified atom stereocenters. The quantitative estimate of drug-likeness (QED) is 0.635. The molecule has 2 aromatic carbocycles. The number of hydrogen-bond acceptors (Lipinski definition) is 5. The first-order chi connectivity index (χ1) is 14.2. The third-order valence-corrected chi connectivity index (χ3v) is 5.14. The summed E-state index contributed by atoms with van der Waals surface area (Å²) in [5.41, 5.74) is 1.92. The number of nitrogens with zero attached hydrogens (tertiary/aromatic N) is 1. The number of ether oxygens (including phenoxy) is 3. The van der Waals surface area contributed by atoms with Crippen molar-refractivity contribution < 1.29 is 24.2 Å². The third-order valence-electron chi connectivity index (χ3n) is 5.14. The van der Waals surface area contributed by atoms with Crippen molar-refractivity contribution in [3.63, 3.8) is 0 Å². The summed E-state index contributed by atoms with van der Waals surface area (Å²) in [5, 5.41) is 10.3. The summed E-state index contributed by atoms with van der Waals surface area (Å²) >= 11 is 0. The molecule has 1 heterocycles. The predicted molar refractivity (Wildman–Crippen MR) is 114 cm³/mol. The number of rotatable bonds is 9. The zero-order chi connectivity index (χ0) is 20.5. The molecule has 2 aromatic rings. The highest BCUT2D eigenvalue weighted by Crippen LogP contribution is 2.23. The molecule has 6 heteroatoms. The first-order valence-electron chi connectivity index (χ1n) is 10.2. The van der Waals surface area contributed by atoms with Gasteiger partial charge in [-0.15, -0.1) is 0 Å². The standard InChI is InChI=1S/C23H30N2O4/c1-3-12-29-21-9-6-19(23(26)15-21)16-24-17-22(25-10-13-28-14-11-25)18-4-7-20(27-2)8-5-18/h4-9,15-16,22,26H,3,10-14,17H2,1-2H3/p+1/t22-/m0/s1. The molecule has 2 N–H and O–H groups in total. The van der Waals surface area contributed by atoms with Crippen molar-refractivity contribution >= 4 is 6.21 Å². The molecule has 3 rings (SSSR count). The summed E-state index contributed by atoms with van der Waals surface area (Å²) in [4.78, 5) is 6.13. The number of phenolic OH excluding ortho intramolecular Hbond substituents is 1. The van der Waals surface area contributed by atoms with Gasteiger partial charge in [0.1, 0.15) is 36.4 Å². The van der Waals surface area contributed by atoms with Gasteiger partial charge >= 0.3 is 0 Å². The van der Waals surface area contributed by atoms with E-state index in [4.69, 9.17) is 14.2 Å². The molecule has 6 nitrogen and oxygen atoms in total. The highest BCUT2D eigenvalue weighted by Gasteiger charge is 2.26. The lowest BCUT2D eigenvalue weighted by Crippen LogP contribution is -3.14. The minimum atomic E-state index is 0.182.